The summed E-state index contributed by atoms with van der Waals surface area (Å²) < 4.78 is 13.4. The van der Waals surface area contributed by atoms with Gasteiger partial charge in [-0.15, -0.1) is 0 Å². The number of nitrogens with zero attached hydrogens (tertiary/aromatic N) is 2. The first-order chi connectivity index (χ1) is 13.1. The number of anilines is 1. The number of hydrogen-bond donors (Lipinski definition) is 0. The van der Waals surface area contributed by atoms with Crippen LogP contribution in [0.25, 0.3) is 0 Å². The van der Waals surface area contributed by atoms with Gasteiger partial charge in [-0.25, -0.2) is 9.37 Å². The molecule has 1 aliphatic heterocycles. The molecule has 140 valence electrons. The van der Waals surface area contributed by atoms with Gasteiger partial charge in [0.15, 0.2) is 5.78 Å². The molecule has 1 spiro atoms. The van der Waals surface area contributed by atoms with E-state index in [4.69, 9.17) is 0 Å². The summed E-state index contributed by atoms with van der Waals surface area (Å²) in [7, 11) is 0. The van der Waals surface area contributed by atoms with Crippen LogP contribution in [-0.4, -0.2) is 23.2 Å². The number of benzene rings is 1. The molecule has 2 heterocycles. The van der Waals surface area contributed by atoms with E-state index in [9.17, 15) is 14.0 Å². The number of Topliss-reactive ketones (excluding diaryl/α,β-unsaturated/α-hetero) is 1. The van der Waals surface area contributed by atoms with Crippen LogP contribution in [0.3, 0.4) is 0 Å². The molecule has 2 atom stereocenters. The first kappa shape index (κ1) is 17.8. The highest BCUT2D eigenvalue weighted by molar-refractivity contribution is 5.99. The van der Waals surface area contributed by atoms with Crippen LogP contribution in [0, 0.1) is 17.2 Å². The molecule has 4 nitrogen and oxygen atoms in total. The minimum absolute atomic E-state index is 0.0384. The maximum Gasteiger partial charge on any atom is 0.234 e. The molecule has 0 bridgehead atoms. The lowest BCUT2D eigenvalue weighted by atomic mass is 9.67. The van der Waals surface area contributed by atoms with E-state index in [1.165, 1.54) is 12.1 Å². The Balaban J connectivity index is 1.46. The first-order valence-corrected chi connectivity index (χ1v) is 9.59. The van der Waals surface area contributed by atoms with Gasteiger partial charge in [0.25, 0.3) is 0 Å². The third-order valence-electron chi connectivity index (χ3n) is 6.01. The summed E-state index contributed by atoms with van der Waals surface area (Å²) in [5, 5.41) is 0. The summed E-state index contributed by atoms with van der Waals surface area (Å²) in [6.07, 6.45) is 6.39. The van der Waals surface area contributed by atoms with Crippen LogP contribution in [0.5, 0.6) is 0 Å². The van der Waals surface area contributed by atoms with Crippen molar-refractivity contribution >= 4 is 17.5 Å². The van der Waals surface area contributed by atoms with Crippen molar-refractivity contribution in [3.05, 3.63) is 60.0 Å². The van der Waals surface area contributed by atoms with E-state index in [1.54, 1.807) is 23.2 Å². The quantitative estimate of drug-likeness (QED) is 0.753. The summed E-state index contributed by atoms with van der Waals surface area (Å²) in [6, 6.07) is 11.5. The van der Waals surface area contributed by atoms with Gasteiger partial charge in [-0.3, -0.25) is 14.5 Å². The first-order valence-electron chi connectivity index (χ1n) is 9.59. The predicted octanol–water partition coefficient (Wildman–Crippen LogP) is 4.41. The van der Waals surface area contributed by atoms with Crippen molar-refractivity contribution in [2.24, 2.45) is 11.3 Å². The number of carbonyl (C=O) groups is 2. The number of pyridine rings is 1. The Morgan fingerprint density at radius 3 is 2.89 bits per heavy atom. The van der Waals surface area contributed by atoms with Crippen molar-refractivity contribution in [1.82, 2.24) is 4.98 Å². The highest BCUT2D eigenvalue weighted by atomic mass is 19.1. The zero-order valence-corrected chi connectivity index (χ0v) is 15.2. The number of hydrogen-bond acceptors (Lipinski definition) is 3. The van der Waals surface area contributed by atoms with Gasteiger partial charge >= 0.3 is 0 Å². The van der Waals surface area contributed by atoms with Crippen molar-refractivity contribution in [2.75, 3.05) is 11.4 Å². The number of aromatic nitrogens is 1. The Morgan fingerprint density at radius 2 is 2.11 bits per heavy atom. The van der Waals surface area contributed by atoms with Gasteiger partial charge in [0.1, 0.15) is 11.6 Å². The van der Waals surface area contributed by atoms with Crippen molar-refractivity contribution in [1.29, 1.82) is 0 Å². The van der Waals surface area contributed by atoms with Gasteiger partial charge in [-0.05, 0) is 55.9 Å². The van der Waals surface area contributed by atoms with E-state index in [0.29, 0.717) is 24.3 Å². The molecule has 1 saturated heterocycles. The van der Waals surface area contributed by atoms with Gasteiger partial charge < -0.3 is 0 Å². The molecule has 1 saturated carbocycles. The largest absolute Gasteiger partial charge is 0.296 e. The van der Waals surface area contributed by atoms with Crippen LogP contribution >= 0.6 is 0 Å². The second-order valence-electron chi connectivity index (χ2n) is 7.78. The molecule has 4 rings (SSSR count). The molecular formula is C22H23FN2O2. The summed E-state index contributed by atoms with van der Waals surface area (Å²) in [6.45, 7) is 0.681. The molecular weight excluding hydrogens is 343 g/mol. The Morgan fingerprint density at radius 1 is 1.22 bits per heavy atom. The van der Waals surface area contributed by atoms with Crippen molar-refractivity contribution < 1.29 is 14.0 Å². The minimum Gasteiger partial charge on any atom is -0.296 e. The maximum absolute atomic E-state index is 13.4. The van der Waals surface area contributed by atoms with E-state index in [0.717, 1.165) is 32.1 Å². The molecule has 1 amide bonds. The lowest BCUT2D eigenvalue weighted by Gasteiger charge is -2.36. The number of rotatable bonds is 4. The van der Waals surface area contributed by atoms with Crippen molar-refractivity contribution in [2.45, 2.75) is 38.5 Å². The average molecular weight is 366 g/mol. The fourth-order valence-corrected chi connectivity index (χ4v) is 4.68. The monoisotopic (exact) mass is 366 g/mol. The smallest absolute Gasteiger partial charge is 0.234 e. The second kappa shape index (κ2) is 7.22. The summed E-state index contributed by atoms with van der Waals surface area (Å²) >= 11 is 0. The zero-order valence-electron chi connectivity index (χ0n) is 15.2. The Bertz CT molecular complexity index is 854. The topological polar surface area (TPSA) is 50.3 Å². The molecule has 5 heteroatoms. The summed E-state index contributed by atoms with van der Waals surface area (Å²) in [5.41, 5.74) is 0.0466. The second-order valence-corrected chi connectivity index (χ2v) is 7.78. The molecule has 2 aliphatic rings. The number of carbonyl (C=O) groups excluding carboxylic acids is 2. The molecule has 0 unspecified atom stereocenters. The van der Waals surface area contributed by atoms with Gasteiger partial charge in [0, 0.05) is 24.7 Å². The molecule has 0 radical (unpaired) electrons. The van der Waals surface area contributed by atoms with Crippen LogP contribution in [0.4, 0.5) is 10.2 Å². The van der Waals surface area contributed by atoms with Crippen LogP contribution < -0.4 is 4.90 Å². The van der Waals surface area contributed by atoms with E-state index in [2.05, 4.69) is 4.98 Å². The van der Waals surface area contributed by atoms with Crippen LogP contribution in [-0.2, 0) is 4.79 Å². The summed E-state index contributed by atoms with van der Waals surface area (Å²) in [4.78, 5) is 31.9. The third kappa shape index (κ3) is 3.51. The normalized spacial score (nSPS) is 25.1. The fourth-order valence-electron chi connectivity index (χ4n) is 4.68. The SMILES string of the molecule is O=C(C[C@H]1CCC[C@]2(CCN(c3ccccn3)C2=O)C1)c1cccc(F)c1. The molecule has 2 fully saturated rings. The van der Waals surface area contributed by atoms with Crippen LogP contribution in [0.2, 0.25) is 0 Å². The highest BCUT2D eigenvalue weighted by Gasteiger charge is 2.49. The average Bonchev–Trinajstić information content (AvgIpc) is 2.98. The van der Waals surface area contributed by atoms with Gasteiger partial charge in [0.2, 0.25) is 5.91 Å². The van der Waals surface area contributed by atoms with Crippen LogP contribution in [0.15, 0.2) is 48.7 Å². The summed E-state index contributed by atoms with van der Waals surface area (Å²) in [5.74, 6) is 0.588. The molecule has 0 N–H and O–H groups in total. The highest BCUT2D eigenvalue weighted by Crippen LogP contribution is 2.48. The van der Waals surface area contributed by atoms with E-state index in [1.807, 2.05) is 18.2 Å². The Kier molecular flexibility index (Phi) is 4.77. The standard InChI is InChI=1S/C22H23FN2O2/c23-18-7-3-6-17(14-18)19(26)13-16-5-4-9-22(15-16)10-12-25(21(22)27)20-8-1-2-11-24-20/h1-3,6-8,11,14,16H,4-5,9-10,12-13,15H2/t16-,22+/m1/s1. The Hall–Kier alpha value is -2.56. The van der Waals surface area contributed by atoms with Crippen molar-refractivity contribution in [3.63, 3.8) is 0 Å². The number of ketones is 1. The van der Waals surface area contributed by atoms with E-state index in [-0.39, 0.29) is 23.0 Å². The Labute approximate surface area is 158 Å². The van der Waals surface area contributed by atoms with Crippen LogP contribution in [0.1, 0.15) is 48.9 Å². The lowest BCUT2D eigenvalue weighted by Crippen LogP contribution is -2.39. The number of amides is 1. The van der Waals surface area contributed by atoms with E-state index >= 15 is 0 Å². The number of halogens is 1. The molecule has 1 aromatic carbocycles. The molecule has 1 aromatic heterocycles. The molecule has 27 heavy (non-hydrogen) atoms. The maximum atomic E-state index is 13.4. The van der Waals surface area contributed by atoms with Gasteiger partial charge in [-0.1, -0.05) is 24.6 Å². The van der Waals surface area contributed by atoms with Gasteiger partial charge in [0.05, 0.1) is 5.41 Å². The molecule has 1 aliphatic carbocycles. The zero-order chi connectivity index (χ0) is 18.9. The predicted molar refractivity (Wildman–Crippen MR) is 101 cm³/mol. The molecule has 2 aromatic rings. The van der Waals surface area contributed by atoms with E-state index < -0.39 is 5.82 Å². The third-order valence-corrected chi connectivity index (χ3v) is 6.01. The van der Waals surface area contributed by atoms with Crippen molar-refractivity contribution in [3.8, 4) is 0 Å². The minimum atomic E-state index is -0.391. The van der Waals surface area contributed by atoms with Gasteiger partial charge in [-0.2, -0.15) is 0 Å². The lowest BCUT2D eigenvalue weighted by molar-refractivity contribution is -0.128. The fraction of sp³-hybridized carbons (Fsp3) is 0.409.